The van der Waals surface area contributed by atoms with Crippen molar-refractivity contribution in [3.8, 4) is 11.5 Å². The van der Waals surface area contributed by atoms with Gasteiger partial charge in [-0.2, -0.15) is 0 Å². The third-order valence-electron chi connectivity index (χ3n) is 5.59. The highest BCUT2D eigenvalue weighted by atomic mass is 35.5. The van der Waals surface area contributed by atoms with E-state index in [9.17, 15) is 4.79 Å². The Bertz CT molecular complexity index is 1320. The molecule has 0 aliphatic rings. The maximum atomic E-state index is 12.5. The van der Waals surface area contributed by atoms with Gasteiger partial charge in [-0.1, -0.05) is 35.9 Å². The Kier molecular flexibility index (Phi) is 7.38. The van der Waals surface area contributed by atoms with E-state index in [0.717, 1.165) is 45.0 Å². The van der Waals surface area contributed by atoms with E-state index in [1.807, 2.05) is 81.4 Å². The Morgan fingerprint density at radius 1 is 1.00 bits per heavy atom. The number of carbonyl (C=O) groups excluding carboxylic acids is 1. The lowest BCUT2D eigenvalue weighted by molar-refractivity contribution is -0.123. The third-order valence-corrected chi connectivity index (χ3v) is 6.02. The number of amides is 1. The summed E-state index contributed by atoms with van der Waals surface area (Å²) in [6.45, 7) is 7.19. The molecule has 1 amide bonds. The standard InChI is InChI=1S/C27H28ClN3O3/c1-18-8-9-19(2)25(14-18)34-17-27(32)29-16-26-30-23-6-4-5-7-24(23)31(26)12-13-33-21-10-11-22(28)20(3)15-21/h4-11,14-15H,12-13,16-17H2,1-3H3,(H,29,32). The number of para-hydroxylation sites is 2. The second-order valence-corrected chi connectivity index (χ2v) is 8.67. The van der Waals surface area contributed by atoms with Crippen LogP contribution in [-0.4, -0.2) is 28.7 Å². The van der Waals surface area contributed by atoms with Gasteiger partial charge in [0.05, 0.1) is 24.1 Å². The summed E-state index contributed by atoms with van der Waals surface area (Å²) >= 11 is 6.10. The Hall–Kier alpha value is -3.51. The van der Waals surface area contributed by atoms with Crippen LogP contribution in [0, 0.1) is 20.8 Å². The summed E-state index contributed by atoms with van der Waals surface area (Å²) in [6, 6.07) is 19.5. The van der Waals surface area contributed by atoms with E-state index in [0.29, 0.717) is 24.7 Å². The maximum Gasteiger partial charge on any atom is 0.258 e. The van der Waals surface area contributed by atoms with Gasteiger partial charge in [-0.3, -0.25) is 4.79 Å². The minimum Gasteiger partial charge on any atom is -0.492 e. The minimum absolute atomic E-state index is 0.0520. The van der Waals surface area contributed by atoms with Crippen LogP contribution in [0.4, 0.5) is 0 Å². The first-order valence-electron chi connectivity index (χ1n) is 11.2. The molecule has 0 unspecified atom stereocenters. The maximum absolute atomic E-state index is 12.5. The molecule has 1 aromatic heterocycles. The first-order chi connectivity index (χ1) is 16.4. The molecule has 3 aromatic carbocycles. The molecule has 34 heavy (non-hydrogen) atoms. The third kappa shape index (κ3) is 5.69. The molecule has 0 spiro atoms. The fourth-order valence-corrected chi connectivity index (χ4v) is 3.82. The normalized spacial score (nSPS) is 10.9. The number of nitrogens with zero attached hydrogens (tertiary/aromatic N) is 2. The van der Waals surface area contributed by atoms with Gasteiger partial charge in [0.15, 0.2) is 6.61 Å². The molecule has 0 saturated heterocycles. The van der Waals surface area contributed by atoms with Crippen molar-refractivity contribution in [3.05, 3.63) is 88.2 Å². The van der Waals surface area contributed by atoms with Crippen LogP contribution in [0.1, 0.15) is 22.5 Å². The van der Waals surface area contributed by atoms with Crippen molar-refractivity contribution in [2.45, 2.75) is 33.9 Å². The van der Waals surface area contributed by atoms with Crippen molar-refractivity contribution >= 4 is 28.5 Å². The van der Waals surface area contributed by atoms with Crippen molar-refractivity contribution in [2.75, 3.05) is 13.2 Å². The van der Waals surface area contributed by atoms with Gasteiger partial charge < -0.3 is 19.4 Å². The Labute approximate surface area is 204 Å². The molecular formula is C27H28ClN3O3. The highest BCUT2D eigenvalue weighted by Gasteiger charge is 2.13. The van der Waals surface area contributed by atoms with Crippen LogP contribution in [-0.2, 0) is 17.9 Å². The molecule has 0 fully saturated rings. The molecule has 6 nitrogen and oxygen atoms in total. The fourth-order valence-electron chi connectivity index (χ4n) is 3.71. The molecule has 0 bridgehead atoms. The van der Waals surface area contributed by atoms with E-state index < -0.39 is 0 Å². The van der Waals surface area contributed by atoms with Gasteiger partial charge >= 0.3 is 0 Å². The predicted octanol–water partition coefficient (Wildman–Crippen LogP) is 5.39. The molecule has 7 heteroatoms. The number of imidazole rings is 1. The molecule has 4 rings (SSSR count). The average molecular weight is 478 g/mol. The van der Waals surface area contributed by atoms with Crippen molar-refractivity contribution in [3.63, 3.8) is 0 Å². The summed E-state index contributed by atoms with van der Waals surface area (Å²) in [5.74, 6) is 2.05. The van der Waals surface area contributed by atoms with Crippen LogP contribution in [0.5, 0.6) is 11.5 Å². The van der Waals surface area contributed by atoms with E-state index in [1.165, 1.54) is 0 Å². The second kappa shape index (κ2) is 10.6. The SMILES string of the molecule is Cc1ccc(C)c(OCC(=O)NCc2nc3ccccc3n2CCOc2ccc(Cl)c(C)c2)c1. The number of halogens is 1. The first-order valence-corrected chi connectivity index (χ1v) is 11.6. The number of fused-ring (bicyclic) bond motifs is 1. The van der Waals surface area contributed by atoms with Gasteiger partial charge in [-0.25, -0.2) is 4.98 Å². The molecule has 0 saturated carbocycles. The van der Waals surface area contributed by atoms with Gasteiger partial charge in [0.2, 0.25) is 0 Å². The molecule has 4 aromatic rings. The number of aryl methyl sites for hydroxylation is 3. The zero-order valence-electron chi connectivity index (χ0n) is 19.6. The van der Waals surface area contributed by atoms with Crippen molar-refractivity contribution in [1.29, 1.82) is 0 Å². The lowest BCUT2D eigenvalue weighted by atomic mass is 10.1. The van der Waals surface area contributed by atoms with Crippen molar-refractivity contribution in [2.24, 2.45) is 0 Å². The van der Waals surface area contributed by atoms with E-state index in [-0.39, 0.29) is 12.5 Å². The van der Waals surface area contributed by atoms with Gasteiger partial charge in [-0.05, 0) is 73.9 Å². The number of carbonyl (C=O) groups is 1. The molecule has 0 atom stereocenters. The molecule has 1 N–H and O–H groups in total. The number of rotatable bonds is 9. The smallest absolute Gasteiger partial charge is 0.258 e. The quantitative estimate of drug-likeness (QED) is 0.351. The summed E-state index contributed by atoms with van der Waals surface area (Å²) in [5.41, 5.74) is 4.93. The first kappa shape index (κ1) is 23.6. The topological polar surface area (TPSA) is 65.4 Å². The highest BCUT2D eigenvalue weighted by molar-refractivity contribution is 6.31. The summed E-state index contributed by atoms with van der Waals surface area (Å²) in [4.78, 5) is 17.2. The summed E-state index contributed by atoms with van der Waals surface area (Å²) in [5, 5.41) is 3.64. The van der Waals surface area contributed by atoms with Crippen LogP contribution >= 0.6 is 11.6 Å². The lowest BCUT2D eigenvalue weighted by Gasteiger charge is -2.13. The van der Waals surface area contributed by atoms with Crippen LogP contribution in [0.25, 0.3) is 11.0 Å². The zero-order valence-corrected chi connectivity index (χ0v) is 20.4. The minimum atomic E-state index is -0.201. The van der Waals surface area contributed by atoms with Gasteiger partial charge in [-0.15, -0.1) is 0 Å². The number of hydrogen-bond donors (Lipinski definition) is 1. The average Bonchev–Trinajstić information content (AvgIpc) is 3.18. The summed E-state index contributed by atoms with van der Waals surface area (Å²) in [7, 11) is 0. The van der Waals surface area contributed by atoms with E-state index >= 15 is 0 Å². The molecular weight excluding hydrogens is 450 g/mol. The van der Waals surface area contributed by atoms with Crippen molar-refractivity contribution < 1.29 is 14.3 Å². The molecule has 1 heterocycles. The van der Waals surface area contributed by atoms with Crippen LogP contribution in [0.15, 0.2) is 60.7 Å². The number of ether oxygens (including phenoxy) is 2. The second-order valence-electron chi connectivity index (χ2n) is 8.26. The monoisotopic (exact) mass is 477 g/mol. The van der Waals surface area contributed by atoms with E-state index in [4.69, 9.17) is 26.1 Å². The Balaban J connectivity index is 1.39. The number of aromatic nitrogens is 2. The van der Waals surface area contributed by atoms with Gasteiger partial charge in [0.25, 0.3) is 5.91 Å². The van der Waals surface area contributed by atoms with Gasteiger partial charge in [0.1, 0.15) is 23.9 Å². The van der Waals surface area contributed by atoms with Crippen LogP contribution in [0.2, 0.25) is 5.02 Å². The zero-order chi connectivity index (χ0) is 24.1. The number of benzene rings is 3. The Morgan fingerprint density at radius 2 is 1.82 bits per heavy atom. The van der Waals surface area contributed by atoms with Gasteiger partial charge in [0, 0.05) is 5.02 Å². The molecule has 176 valence electrons. The Morgan fingerprint density at radius 3 is 2.65 bits per heavy atom. The molecule has 0 aliphatic heterocycles. The predicted molar refractivity (Wildman–Crippen MR) is 135 cm³/mol. The van der Waals surface area contributed by atoms with Crippen molar-refractivity contribution in [1.82, 2.24) is 14.9 Å². The summed E-state index contributed by atoms with van der Waals surface area (Å²) < 4.78 is 13.7. The number of nitrogens with one attached hydrogen (secondary N) is 1. The summed E-state index contributed by atoms with van der Waals surface area (Å²) in [6.07, 6.45) is 0. The molecule has 0 aliphatic carbocycles. The fraction of sp³-hybridized carbons (Fsp3) is 0.259. The highest BCUT2D eigenvalue weighted by Crippen LogP contribution is 2.22. The van der Waals surface area contributed by atoms with Crippen LogP contribution < -0.4 is 14.8 Å². The van der Waals surface area contributed by atoms with Crippen LogP contribution in [0.3, 0.4) is 0 Å². The molecule has 0 radical (unpaired) electrons. The number of hydrogen-bond acceptors (Lipinski definition) is 4. The van der Waals surface area contributed by atoms with E-state index in [2.05, 4.69) is 9.88 Å². The largest absolute Gasteiger partial charge is 0.492 e. The van der Waals surface area contributed by atoms with E-state index in [1.54, 1.807) is 0 Å². The lowest BCUT2D eigenvalue weighted by Crippen LogP contribution is -2.30.